The zero-order chi connectivity index (χ0) is 15.6. The second-order valence-electron chi connectivity index (χ2n) is 6.58. The van der Waals surface area contributed by atoms with Crippen LogP contribution >= 0.6 is 11.3 Å². The molecular formula is C16H28N2O2S. The highest BCUT2D eigenvalue weighted by atomic mass is 32.1. The Bertz CT molecular complexity index is 461. The molecule has 0 radical (unpaired) electrons. The van der Waals surface area contributed by atoms with Gasteiger partial charge in [0.1, 0.15) is 0 Å². The number of thiophene rings is 1. The molecule has 1 saturated heterocycles. The lowest BCUT2D eigenvalue weighted by Gasteiger charge is -2.46. The fourth-order valence-corrected chi connectivity index (χ4v) is 4.23. The van der Waals surface area contributed by atoms with Crippen molar-refractivity contribution in [3.05, 3.63) is 21.9 Å². The summed E-state index contributed by atoms with van der Waals surface area (Å²) >= 11 is 1.82. The first-order valence-corrected chi connectivity index (χ1v) is 8.52. The lowest BCUT2D eigenvalue weighted by atomic mass is 9.97. The van der Waals surface area contributed by atoms with E-state index in [-0.39, 0.29) is 30.4 Å². The molecule has 0 bridgehead atoms. The third-order valence-electron chi connectivity index (χ3n) is 4.03. The Morgan fingerprint density at radius 2 is 2.24 bits per heavy atom. The van der Waals surface area contributed by atoms with Gasteiger partial charge in [-0.2, -0.15) is 0 Å². The lowest BCUT2D eigenvalue weighted by Crippen LogP contribution is -2.57. The summed E-state index contributed by atoms with van der Waals surface area (Å²) in [4.78, 5) is 5.02. The van der Waals surface area contributed by atoms with Crippen LogP contribution in [-0.4, -0.2) is 47.4 Å². The van der Waals surface area contributed by atoms with Gasteiger partial charge in [-0.15, -0.1) is 11.3 Å². The zero-order valence-electron chi connectivity index (χ0n) is 13.5. The average Bonchev–Trinajstić information content (AvgIpc) is 2.83. The van der Waals surface area contributed by atoms with Gasteiger partial charge in [-0.25, -0.2) is 0 Å². The molecule has 0 aliphatic carbocycles. The molecule has 0 aromatic carbocycles. The zero-order valence-corrected chi connectivity index (χ0v) is 14.3. The van der Waals surface area contributed by atoms with Gasteiger partial charge < -0.3 is 15.6 Å². The molecule has 0 amide bonds. The molecule has 1 fully saturated rings. The number of aryl methyl sites for hydroxylation is 1. The molecule has 3 N–H and O–H groups in total. The molecular weight excluding hydrogens is 284 g/mol. The highest BCUT2D eigenvalue weighted by molar-refractivity contribution is 7.12. The normalized spacial score (nSPS) is 25.7. The van der Waals surface area contributed by atoms with Crippen LogP contribution < -0.4 is 5.73 Å². The highest BCUT2D eigenvalue weighted by Crippen LogP contribution is 2.34. The molecule has 5 heteroatoms. The largest absolute Gasteiger partial charge is 0.394 e. The molecule has 1 aliphatic rings. The molecule has 3 unspecified atom stereocenters. The van der Waals surface area contributed by atoms with E-state index in [9.17, 15) is 5.11 Å². The van der Waals surface area contributed by atoms with E-state index < -0.39 is 0 Å². The number of nitrogens with two attached hydrogens (primary N) is 1. The Morgan fingerprint density at radius 1 is 1.52 bits per heavy atom. The van der Waals surface area contributed by atoms with Crippen LogP contribution in [0.15, 0.2) is 12.1 Å². The molecule has 21 heavy (non-hydrogen) atoms. The van der Waals surface area contributed by atoms with Crippen LogP contribution in [0.4, 0.5) is 0 Å². The fourth-order valence-electron chi connectivity index (χ4n) is 3.15. The minimum absolute atomic E-state index is 0.0531. The van der Waals surface area contributed by atoms with Crippen molar-refractivity contribution in [1.29, 1.82) is 0 Å². The van der Waals surface area contributed by atoms with Crippen LogP contribution in [0, 0.1) is 6.92 Å². The molecule has 120 valence electrons. The maximum Gasteiger partial charge on any atom is 0.0940 e. The minimum Gasteiger partial charge on any atom is -0.394 e. The van der Waals surface area contributed by atoms with Crippen LogP contribution in [-0.2, 0) is 4.74 Å². The van der Waals surface area contributed by atoms with Crippen LogP contribution in [0.1, 0.15) is 43.0 Å². The first kappa shape index (κ1) is 16.9. The lowest BCUT2D eigenvalue weighted by molar-refractivity contribution is -0.158. The topological polar surface area (TPSA) is 58.7 Å². The van der Waals surface area contributed by atoms with Crippen LogP contribution in [0.2, 0.25) is 0 Å². The van der Waals surface area contributed by atoms with Gasteiger partial charge in [0, 0.05) is 28.9 Å². The summed E-state index contributed by atoms with van der Waals surface area (Å²) in [5, 5.41) is 9.51. The van der Waals surface area contributed by atoms with Gasteiger partial charge >= 0.3 is 0 Å². The summed E-state index contributed by atoms with van der Waals surface area (Å²) < 4.78 is 5.93. The van der Waals surface area contributed by atoms with E-state index in [0.29, 0.717) is 0 Å². The molecule has 3 atom stereocenters. The summed E-state index contributed by atoms with van der Waals surface area (Å²) in [6.45, 7) is 10.0. The van der Waals surface area contributed by atoms with Crippen molar-refractivity contribution in [2.75, 3.05) is 19.7 Å². The second-order valence-corrected chi connectivity index (χ2v) is 7.90. The first-order chi connectivity index (χ1) is 9.86. The molecule has 4 nitrogen and oxygen atoms in total. The summed E-state index contributed by atoms with van der Waals surface area (Å²) in [6, 6.07) is 4.64. The number of nitrogens with zero attached hydrogens (tertiary/aromatic N) is 1. The van der Waals surface area contributed by atoms with E-state index in [1.54, 1.807) is 0 Å². The van der Waals surface area contributed by atoms with E-state index in [4.69, 9.17) is 10.5 Å². The van der Waals surface area contributed by atoms with Crippen LogP contribution in [0.3, 0.4) is 0 Å². The first-order valence-electron chi connectivity index (χ1n) is 7.71. The Labute approximate surface area is 131 Å². The Kier molecular flexibility index (Phi) is 5.43. The predicted octanol–water partition coefficient (Wildman–Crippen LogP) is 2.31. The minimum atomic E-state index is -0.260. The van der Waals surface area contributed by atoms with Crippen molar-refractivity contribution >= 4 is 11.3 Å². The van der Waals surface area contributed by atoms with Crippen molar-refractivity contribution in [2.45, 2.75) is 57.9 Å². The molecule has 2 heterocycles. The SMILES string of the molecule is CCC(N)C(c1ccc(C)s1)N1CC(CO)OC(C)(C)C1. The second kappa shape index (κ2) is 6.75. The highest BCUT2D eigenvalue weighted by Gasteiger charge is 2.38. The van der Waals surface area contributed by atoms with Gasteiger partial charge in [0.05, 0.1) is 24.4 Å². The van der Waals surface area contributed by atoms with Crippen molar-refractivity contribution in [2.24, 2.45) is 5.73 Å². The van der Waals surface area contributed by atoms with Crippen molar-refractivity contribution in [3.63, 3.8) is 0 Å². The maximum absolute atomic E-state index is 9.51. The van der Waals surface area contributed by atoms with Crippen LogP contribution in [0.5, 0.6) is 0 Å². The summed E-state index contributed by atoms with van der Waals surface area (Å²) in [7, 11) is 0. The van der Waals surface area contributed by atoms with Gasteiger partial charge in [0.2, 0.25) is 0 Å². The maximum atomic E-state index is 9.51. The van der Waals surface area contributed by atoms with Crippen molar-refractivity contribution < 1.29 is 9.84 Å². The quantitative estimate of drug-likeness (QED) is 0.876. The summed E-state index contributed by atoms with van der Waals surface area (Å²) in [5.41, 5.74) is 6.17. The number of ether oxygens (including phenoxy) is 1. The van der Waals surface area contributed by atoms with Gasteiger partial charge in [-0.3, -0.25) is 4.90 Å². The monoisotopic (exact) mass is 312 g/mol. The van der Waals surface area contributed by atoms with Crippen molar-refractivity contribution in [1.82, 2.24) is 4.90 Å². The third kappa shape index (κ3) is 4.05. The molecule has 2 rings (SSSR count). The third-order valence-corrected chi connectivity index (χ3v) is 5.11. The van der Waals surface area contributed by atoms with E-state index >= 15 is 0 Å². The Balaban J connectivity index is 2.27. The average molecular weight is 312 g/mol. The molecule has 1 aromatic heterocycles. The number of hydrogen-bond acceptors (Lipinski definition) is 5. The van der Waals surface area contributed by atoms with Crippen molar-refractivity contribution in [3.8, 4) is 0 Å². The van der Waals surface area contributed by atoms with Crippen LogP contribution in [0.25, 0.3) is 0 Å². The van der Waals surface area contributed by atoms with Gasteiger partial charge in [-0.1, -0.05) is 6.92 Å². The van der Waals surface area contributed by atoms with E-state index in [0.717, 1.165) is 19.5 Å². The van der Waals surface area contributed by atoms with Gasteiger partial charge in [0.25, 0.3) is 0 Å². The number of hydrogen-bond donors (Lipinski definition) is 2. The fraction of sp³-hybridized carbons (Fsp3) is 0.750. The molecule has 1 aromatic rings. The molecule has 1 aliphatic heterocycles. The van der Waals surface area contributed by atoms with Gasteiger partial charge in [0.15, 0.2) is 0 Å². The van der Waals surface area contributed by atoms with Gasteiger partial charge in [-0.05, 0) is 39.3 Å². The molecule has 0 saturated carbocycles. The number of aliphatic hydroxyl groups excluding tert-OH is 1. The smallest absolute Gasteiger partial charge is 0.0940 e. The Hall–Kier alpha value is -0.460. The molecule has 0 spiro atoms. The predicted molar refractivity (Wildman–Crippen MR) is 87.7 cm³/mol. The Morgan fingerprint density at radius 3 is 2.76 bits per heavy atom. The summed E-state index contributed by atoms with van der Waals surface area (Å²) in [5.74, 6) is 0. The number of morpholine rings is 1. The van der Waals surface area contributed by atoms with E-state index in [2.05, 4.69) is 44.7 Å². The van der Waals surface area contributed by atoms with E-state index in [1.165, 1.54) is 9.75 Å². The van der Waals surface area contributed by atoms with E-state index in [1.807, 2.05) is 11.3 Å². The number of aliphatic hydroxyl groups is 1. The standard InChI is InChI=1S/C16H28N2O2S/c1-5-13(17)15(14-7-6-11(2)21-14)18-8-12(9-19)20-16(3,4)10-18/h6-7,12-13,15,19H,5,8-10,17H2,1-4H3. The number of rotatable bonds is 5. The summed E-state index contributed by atoms with van der Waals surface area (Å²) in [6.07, 6.45) is 0.796.